The second-order valence-corrected chi connectivity index (χ2v) is 6.94. The van der Waals surface area contributed by atoms with Gasteiger partial charge in [0.25, 0.3) is 5.91 Å². The van der Waals surface area contributed by atoms with Crippen molar-refractivity contribution in [3.05, 3.63) is 53.6 Å². The number of nitrogens with one attached hydrogen (secondary N) is 1. The molecule has 0 unspecified atom stereocenters. The first-order valence-electron chi connectivity index (χ1n) is 9.27. The van der Waals surface area contributed by atoms with Crippen molar-refractivity contribution < 1.29 is 19.0 Å². The molecule has 1 aliphatic rings. The van der Waals surface area contributed by atoms with Gasteiger partial charge in [0.2, 0.25) is 0 Å². The lowest BCUT2D eigenvalue weighted by atomic mass is 9.78. The Labute approximate surface area is 160 Å². The maximum atomic E-state index is 12.9. The molecular formula is C22H27NO4. The maximum absolute atomic E-state index is 12.9. The van der Waals surface area contributed by atoms with Gasteiger partial charge in [0, 0.05) is 12.0 Å². The third-order valence-electron chi connectivity index (χ3n) is 5.50. The van der Waals surface area contributed by atoms with Crippen LogP contribution in [0.2, 0.25) is 0 Å². The van der Waals surface area contributed by atoms with E-state index in [0.717, 1.165) is 18.6 Å². The minimum Gasteiger partial charge on any atom is -0.497 e. The van der Waals surface area contributed by atoms with Crippen molar-refractivity contribution in [1.29, 1.82) is 0 Å². The van der Waals surface area contributed by atoms with E-state index in [4.69, 9.17) is 14.2 Å². The number of para-hydroxylation sites is 1. The first-order valence-corrected chi connectivity index (χ1v) is 9.27. The largest absolute Gasteiger partial charge is 0.497 e. The van der Waals surface area contributed by atoms with Crippen LogP contribution in [0, 0.1) is 0 Å². The molecule has 2 aromatic carbocycles. The van der Waals surface area contributed by atoms with E-state index < -0.39 is 0 Å². The van der Waals surface area contributed by atoms with Crippen molar-refractivity contribution in [2.45, 2.75) is 31.1 Å². The molecule has 0 heterocycles. The summed E-state index contributed by atoms with van der Waals surface area (Å²) in [6.45, 7) is 0.596. The molecule has 0 radical (unpaired) electrons. The van der Waals surface area contributed by atoms with E-state index in [0.29, 0.717) is 23.6 Å². The van der Waals surface area contributed by atoms with Gasteiger partial charge in [-0.2, -0.15) is 0 Å². The van der Waals surface area contributed by atoms with E-state index in [1.807, 2.05) is 12.1 Å². The zero-order valence-electron chi connectivity index (χ0n) is 16.2. The average Bonchev–Trinajstić information content (AvgIpc) is 3.21. The molecule has 0 aliphatic heterocycles. The lowest BCUT2D eigenvalue weighted by Gasteiger charge is -2.30. The Morgan fingerprint density at radius 3 is 2.26 bits per heavy atom. The fraction of sp³-hybridized carbons (Fsp3) is 0.409. The van der Waals surface area contributed by atoms with Gasteiger partial charge in [-0.05, 0) is 42.7 Å². The van der Waals surface area contributed by atoms with Crippen molar-refractivity contribution in [1.82, 2.24) is 5.32 Å². The van der Waals surface area contributed by atoms with Gasteiger partial charge in [-0.25, -0.2) is 0 Å². The number of carbonyl (C=O) groups is 1. The molecule has 144 valence electrons. The second kappa shape index (κ2) is 8.33. The summed E-state index contributed by atoms with van der Waals surface area (Å²) in [6, 6.07) is 13.5. The van der Waals surface area contributed by atoms with Crippen LogP contribution in [-0.2, 0) is 5.41 Å². The SMILES string of the molecule is COc1ccc(C2(CNC(=O)c3cccc(OC)c3OC)CCCC2)cc1. The molecule has 1 amide bonds. The second-order valence-electron chi connectivity index (χ2n) is 6.94. The van der Waals surface area contributed by atoms with Crippen molar-refractivity contribution in [2.24, 2.45) is 0 Å². The van der Waals surface area contributed by atoms with Crippen LogP contribution in [0.4, 0.5) is 0 Å². The third kappa shape index (κ3) is 3.87. The van der Waals surface area contributed by atoms with E-state index >= 15 is 0 Å². The Bertz CT molecular complexity index is 779. The molecule has 0 atom stereocenters. The number of benzene rings is 2. The molecule has 0 spiro atoms. The van der Waals surface area contributed by atoms with Gasteiger partial charge in [-0.15, -0.1) is 0 Å². The normalized spacial score (nSPS) is 15.2. The van der Waals surface area contributed by atoms with Gasteiger partial charge >= 0.3 is 0 Å². The molecule has 2 aromatic rings. The number of rotatable bonds is 7. The number of hydrogen-bond acceptors (Lipinski definition) is 4. The molecular weight excluding hydrogens is 342 g/mol. The van der Waals surface area contributed by atoms with Crippen LogP contribution in [0.3, 0.4) is 0 Å². The van der Waals surface area contributed by atoms with Gasteiger partial charge in [-0.3, -0.25) is 4.79 Å². The van der Waals surface area contributed by atoms with Gasteiger partial charge in [0.1, 0.15) is 5.75 Å². The van der Waals surface area contributed by atoms with Gasteiger partial charge < -0.3 is 19.5 Å². The minimum atomic E-state index is -0.148. The molecule has 1 saturated carbocycles. The van der Waals surface area contributed by atoms with E-state index in [2.05, 4.69) is 17.4 Å². The number of ether oxygens (including phenoxy) is 3. The highest BCUT2D eigenvalue weighted by Crippen LogP contribution is 2.41. The Balaban J connectivity index is 1.79. The standard InChI is InChI=1S/C22H27NO4/c1-25-17-11-9-16(10-12-17)22(13-4-5-14-22)15-23-21(24)18-7-6-8-19(26-2)20(18)27-3/h6-12H,4-5,13-15H2,1-3H3,(H,23,24). The summed E-state index contributed by atoms with van der Waals surface area (Å²) >= 11 is 0. The maximum Gasteiger partial charge on any atom is 0.255 e. The van der Waals surface area contributed by atoms with Crippen molar-refractivity contribution >= 4 is 5.91 Å². The van der Waals surface area contributed by atoms with E-state index in [-0.39, 0.29) is 11.3 Å². The van der Waals surface area contributed by atoms with Crippen LogP contribution in [0.5, 0.6) is 17.2 Å². The summed E-state index contributed by atoms with van der Waals surface area (Å²) in [5.41, 5.74) is 1.70. The third-order valence-corrected chi connectivity index (χ3v) is 5.50. The van der Waals surface area contributed by atoms with Crippen molar-refractivity contribution in [3.8, 4) is 17.2 Å². The average molecular weight is 369 g/mol. The molecule has 1 aliphatic carbocycles. The van der Waals surface area contributed by atoms with Crippen LogP contribution in [0.25, 0.3) is 0 Å². The van der Waals surface area contributed by atoms with E-state index in [9.17, 15) is 4.79 Å². The molecule has 1 N–H and O–H groups in total. The van der Waals surface area contributed by atoms with Crippen LogP contribution in [0.1, 0.15) is 41.6 Å². The molecule has 1 fully saturated rings. The van der Waals surface area contributed by atoms with E-state index in [1.165, 1.54) is 18.4 Å². The molecule has 27 heavy (non-hydrogen) atoms. The summed E-state index contributed by atoms with van der Waals surface area (Å²) in [7, 11) is 4.78. The quantitative estimate of drug-likeness (QED) is 0.803. The van der Waals surface area contributed by atoms with Gasteiger partial charge in [0.05, 0.1) is 26.9 Å². The highest BCUT2D eigenvalue weighted by atomic mass is 16.5. The fourth-order valence-electron chi connectivity index (χ4n) is 3.97. The fourth-order valence-corrected chi connectivity index (χ4v) is 3.97. The van der Waals surface area contributed by atoms with Crippen LogP contribution < -0.4 is 19.5 Å². The lowest BCUT2D eigenvalue weighted by molar-refractivity contribution is 0.0939. The Hall–Kier alpha value is -2.69. The molecule has 0 bridgehead atoms. The first kappa shape index (κ1) is 19.1. The molecule has 5 heteroatoms. The molecule has 5 nitrogen and oxygen atoms in total. The lowest BCUT2D eigenvalue weighted by Crippen LogP contribution is -2.39. The Kier molecular flexibility index (Phi) is 5.89. The summed E-state index contributed by atoms with van der Waals surface area (Å²) in [6.07, 6.45) is 4.47. The predicted molar refractivity (Wildman–Crippen MR) is 105 cm³/mol. The molecule has 0 saturated heterocycles. The van der Waals surface area contributed by atoms with Crippen molar-refractivity contribution in [3.63, 3.8) is 0 Å². The smallest absolute Gasteiger partial charge is 0.255 e. The number of hydrogen-bond donors (Lipinski definition) is 1. The Morgan fingerprint density at radius 2 is 1.67 bits per heavy atom. The zero-order chi connectivity index (χ0) is 19.3. The zero-order valence-corrected chi connectivity index (χ0v) is 16.2. The van der Waals surface area contributed by atoms with Crippen LogP contribution in [0.15, 0.2) is 42.5 Å². The topological polar surface area (TPSA) is 56.8 Å². The highest BCUT2D eigenvalue weighted by molar-refractivity contribution is 5.97. The summed E-state index contributed by atoms with van der Waals surface area (Å²) < 4.78 is 16.0. The first-order chi connectivity index (χ1) is 13.1. The van der Waals surface area contributed by atoms with Crippen LogP contribution >= 0.6 is 0 Å². The van der Waals surface area contributed by atoms with Crippen molar-refractivity contribution in [2.75, 3.05) is 27.9 Å². The molecule has 0 aromatic heterocycles. The van der Waals surface area contributed by atoms with Gasteiger partial charge in [0.15, 0.2) is 11.5 Å². The highest BCUT2D eigenvalue weighted by Gasteiger charge is 2.36. The summed E-state index contributed by atoms with van der Waals surface area (Å²) in [4.78, 5) is 12.9. The molecule has 3 rings (SSSR count). The predicted octanol–water partition coefficient (Wildman–Crippen LogP) is 3.95. The van der Waals surface area contributed by atoms with Crippen LogP contribution in [-0.4, -0.2) is 33.8 Å². The number of methoxy groups -OCH3 is 3. The number of amides is 1. The van der Waals surface area contributed by atoms with Gasteiger partial charge in [-0.1, -0.05) is 31.0 Å². The monoisotopic (exact) mass is 369 g/mol. The summed E-state index contributed by atoms with van der Waals surface area (Å²) in [5, 5.41) is 3.13. The number of carbonyl (C=O) groups excluding carboxylic acids is 1. The van der Waals surface area contributed by atoms with E-state index in [1.54, 1.807) is 39.5 Å². The Morgan fingerprint density at radius 1 is 0.963 bits per heavy atom. The minimum absolute atomic E-state index is 0.0337. The summed E-state index contributed by atoms with van der Waals surface area (Å²) in [5.74, 6) is 1.71.